The molecule has 0 aliphatic heterocycles. The van der Waals surface area contributed by atoms with Crippen LogP contribution in [-0.2, 0) is 11.3 Å². The van der Waals surface area contributed by atoms with E-state index in [1.807, 2.05) is 23.0 Å². The van der Waals surface area contributed by atoms with Gasteiger partial charge in [-0.1, -0.05) is 20.3 Å². The molecule has 1 rings (SSSR count). The minimum absolute atomic E-state index is 0.0608. The van der Waals surface area contributed by atoms with Gasteiger partial charge in [0.25, 0.3) is 0 Å². The zero-order valence-electron chi connectivity index (χ0n) is 10.8. The molecule has 0 bridgehead atoms. The number of unbranched alkanes of at least 4 members (excludes halogenated alkanes) is 1. The van der Waals surface area contributed by atoms with Crippen LogP contribution < -0.4 is 11.1 Å². The van der Waals surface area contributed by atoms with Crippen LogP contribution >= 0.6 is 0 Å². The Labute approximate surface area is 103 Å². The van der Waals surface area contributed by atoms with E-state index in [4.69, 9.17) is 5.73 Å². The summed E-state index contributed by atoms with van der Waals surface area (Å²) in [5, 5.41) is 2.89. The molecule has 1 amide bonds. The zero-order valence-corrected chi connectivity index (χ0v) is 10.8. The second-order valence-electron chi connectivity index (χ2n) is 4.34. The van der Waals surface area contributed by atoms with Gasteiger partial charge in [0.05, 0.1) is 0 Å². The molecule has 1 aromatic heterocycles. The van der Waals surface area contributed by atoms with Crippen LogP contribution in [0, 0.1) is 0 Å². The van der Waals surface area contributed by atoms with Crippen molar-refractivity contribution >= 4 is 5.91 Å². The van der Waals surface area contributed by atoms with Crippen LogP contribution in [0.2, 0.25) is 0 Å². The number of rotatable bonds is 7. The lowest BCUT2D eigenvalue weighted by atomic mass is 10.1. The molecule has 1 aromatic rings. The fraction of sp³-hybridized carbons (Fsp3) is 0.615. The van der Waals surface area contributed by atoms with Gasteiger partial charge in [-0.15, -0.1) is 0 Å². The zero-order chi connectivity index (χ0) is 12.7. The molecule has 1 heterocycles. The summed E-state index contributed by atoms with van der Waals surface area (Å²) in [5.74, 6) is 0.0608. The SMILES string of the molecule is CCCCNC(=O)Cn1ccc(C(N)CC)c1. The molecule has 4 nitrogen and oxygen atoms in total. The predicted octanol–water partition coefficient (Wildman–Crippen LogP) is 1.81. The van der Waals surface area contributed by atoms with Crippen molar-refractivity contribution in [2.24, 2.45) is 5.73 Å². The van der Waals surface area contributed by atoms with E-state index >= 15 is 0 Å². The van der Waals surface area contributed by atoms with Crippen molar-refractivity contribution in [2.75, 3.05) is 6.54 Å². The lowest BCUT2D eigenvalue weighted by Gasteiger charge is -2.06. The molecule has 0 aliphatic carbocycles. The molecule has 96 valence electrons. The molecule has 4 heteroatoms. The van der Waals surface area contributed by atoms with Gasteiger partial charge in [-0.25, -0.2) is 0 Å². The third-order valence-corrected chi connectivity index (χ3v) is 2.82. The Balaban J connectivity index is 2.40. The van der Waals surface area contributed by atoms with E-state index in [0.29, 0.717) is 6.54 Å². The van der Waals surface area contributed by atoms with Crippen LogP contribution in [-0.4, -0.2) is 17.0 Å². The quantitative estimate of drug-likeness (QED) is 0.711. The van der Waals surface area contributed by atoms with Gasteiger partial charge in [-0.2, -0.15) is 0 Å². The van der Waals surface area contributed by atoms with Gasteiger partial charge in [0.2, 0.25) is 5.91 Å². The first-order valence-corrected chi connectivity index (χ1v) is 6.35. The van der Waals surface area contributed by atoms with Crippen molar-refractivity contribution in [3.05, 3.63) is 24.0 Å². The third kappa shape index (κ3) is 4.61. The minimum atomic E-state index is 0.0608. The highest BCUT2D eigenvalue weighted by Crippen LogP contribution is 2.13. The van der Waals surface area contributed by atoms with Crippen LogP contribution in [0.3, 0.4) is 0 Å². The molecule has 3 N–H and O–H groups in total. The average Bonchev–Trinajstić information content (AvgIpc) is 2.77. The third-order valence-electron chi connectivity index (χ3n) is 2.82. The smallest absolute Gasteiger partial charge is 0.239 e. The van der Waals surface area contributed by atoms with Gasteiger partial charge < -0.3 is 15.6 Å². The van der Waals surface area contributed by atoms with Crippen molar-refractivity contribution < 1.29 is 4.79 Å². The van der Waals surface area contributed by atoms with Crippen molar-refractivity contribution in [1.82, 2.24) is 9.88 Å². The second kappa shape index (κ2) is 7.12. The topological polar surface area (TPSA) is 60.0 Å². The van der Waals surface area contributed by atoms with Crippen molar-refractivity contribution in [3.8, 4) is 0 Å². The second-order valence-corrected chi connectivity index (χ2v) is 4.34. The number of hydrogen-bond acceptors (Lipinski definition) is 2. The number of carbonyl (C=O) groups is 1. The fourth-order valence-electron chi connectivity index (χ4n) is 1.64. The maximum absolute atomic E-state index is 11.6. The highest BCUT2D eigenvalue weighted by molar-refractivity contribution is 5.75. The molecule has 1 unspecified atom stereocenters. The Hall–Kier alpha value is -1.29. The number of nitrogens with one attached hydrogen (secondary N) is 1. The van der Waals surface area contributed by atoms with Gasteiger partial charge in [-0.05, 0) is 24.5 Å². The van der Waals surface area contributed by atoms with Crippen LogP contribution in [0.25, 0.3) is 0 Å². The molecule has 1 atom stereocenters. The monoisotopic (exact) mass is 237 g/mol. The standard InChI is InChI=1S/C13H23N3O/c1-3-5-7-15-13(17)10-16-8-6-11(9-16)12(14)4-2/h6,8-9,12H,3-5,7,10,14H2,1-2H3,(H,15,17). The van der Waals surface area contributed by atoms with E-state index in [9.17, 15) is 4.79 Å². The molecule has 0 aliphatic rings. The lowest BCUT2D eigenvalue weighted by molar-refractivity contribution is -0.121. The Kier molecular flexibility index (Phi) is 5.77. The van der Waals surface area contributed by atoms with E-state index in [1.165, 1.54) is 0 Å². The molecule has 0 saturated carbocycles. The summed E-state index contributed by atoms with van der Waals surface area (Å²) in [6.45, 7) is 5.30. The Morgan fingerprint density at radius 3 is 2.94 bits per heavy atom. The number of nitrogens with zero attached hydrogens (tertiary/aromatic N) is 1. The fourth-order valence-corrected chi connectivity index (χ4v) is 1.64. The van der Waals surface area contributed by atoms with E-state index in [-0.39, 0.29) is 11.9 Å². The summed E-state index contributed by atoms with van der Waals surface area (Å²) in [4.78, 5) is 11.6. The molecule has 0 aromatic carbocycles. The number of hydrogen-bond donors (Lipinski definition) is 2. The number of carbonyl (C=O) groups excluding carboxylic acids is 1. The van der Waals surface area contributed by atoms with Crippen LogP contribution in [0.15, 0.2) is 18.5 Å². The summed E-state index contributed by atoms with van der Waals surface area (Å²) < 4.78 is 1.88. The van der Waals surface area contributed by atoms with E-state index in [1.54, 1.807) is 0 Å². The Morgan fingerprint density at radius 1 is 1.53 bits per heavy atom. The van der Waals surface area contributed by atoms with E-state index < -0.39 is 0 Å². The van der Waals surface area contributed by atoms with Gasteiger partial charge in [-0.3, -0.25) is 4.79 Å². The number of amides is 1. The van der Waals surface area contributed by atoms with Crippen LogP contribution in [0.5, 0.6) is 0 Å². The highest BCUT2D eigenvalue weighted by Gasteiger charge is 2.06. The molecule has 0 saturated heterocycles. The molecular formula is C13H23N3O. The molecule has 17 heavy (non-hydrogen) atoms. The minimum Gasteiger partial charge on any atom is -0.355 e. The van der Waals surface area contributed by atoms with Crippen molar-refractivity contribution in [1.29, 1.82) is 0 Å². The predicted molar refractivity (Wildman–Crippen MR) is 69.6 cm³/mol. The summed E-state index contributed by atoms with van der Waals surface area (Å²) >= 11 is 0. The first kappa shape index (κ1) is 13.8. The maximum atomic E-state index is 11.6. The van der Waals surface area contributed by atoms with E-state index in [0.717, 1.165) is 31.4 Å². The molecule has 0 fully saturated rings. The van der Waals surface area contributed by atoms with Crippen LogP contribution in [0.1, 0.15) is 44.7 Å². The summed E-state index contributed by atoms with van der Waals surface area (Å²) in [5.41, 5.74) is 7.01. The Morgan fingerprint density at radius 2 is 2.29 bits per heavy atom. The van der Waals surface area contributed by atoms with Crippen molar-refractivity contribution in [3.63, 3.8) is 0 Å². The number of nitrogens with two attached hydrogens (primary N) is 1. The summed E-state index contributed by atoms with van der Waals surface area (Å²) in [6, 6.07) is 2.05. The van der Waals surface area contributed by atoms with Gasteiger partial charge in [0, 0.05) is 25.0 Å². The molecule has 0 radical (unpaired) electrons. The largest absolute Gasteiger partial charge is 0.355 e. The maximum Gasteiger partial charge on any atom is 0.239 e. The van der Waals surface area contributed by atoms with E-state index in [2.05, 4.69) is 19.2 Å². The van der Waals surface area contributed by atoms with Crippen LogP contribution in [0.4, 0.5) is 0 Å². The Bertz CT molecular complexity index is 346. The summed E-state index contributed by atoms with van der Waals surface area (Å²) in [7, 11) is 0. The molecule has 0 spiro atoms. The first-order chi connectivity index (χ1) is 8.17. The summed E-state index contributed by atoms with van der Waals surface area (Å²) in [6.07, 6.45) is 6.90. The normalized spacial score (nSPS) is 12.4. The highest BCUT2D eigenvalue weighted by atomic mass is 16.1. The van der Waals surface area contributed by atoms with Gasteiger partial charge in [0.15, 0.2) is 0 Å². The molecular weight excluding hydrogens is 214 g/mol. The lowest BCUT2D eigenvalue weighted by Crippen LogP contribution is -2.27. The first-order valence-electron chi connectivity index (χ1n) is 6.35. The average molecular weight is 237 g/mol. The van der Waals surface area contributed by atoms with Crippen molar-refractivity contribution in [2.45, 2.75) is 45.7 Å². The van der Waals surface area contributed by atoms with Gasteiger partial charge in [0.1, 0.15) is 6.54 Å². The van der Waals surface area contributed by atoms with Gasteiger partial charge >= 0.3 is 0 Å². The number of aromatic nitrogens is 1.